The topological polar surface area (TPSA) is 64.8 Å². The molecule has 0 unspecified atom stereocenters. The molecule has 0 radical (unpaired) electrons. The molecule has 1 aromatic carbocycles. The lowest BCUT2D eigenvalue weighted by molar-refractivity contribution is 0.414. The van der Waals surface area contributed by atoms with E-state index in [2.05, 4.69) is 18.2 Å². The highest BCUT2D eigenvalue weighted by Crippen LogP contribution is 2.68. The molecule has 3 aliphatic rings. The van der Waals surface area contributed by atoms with Crippen LogP contribution in [0.25, 0.3) is 0 Å². The smallest absolute Gasteiger partial charge is 0.284 e. The molecule has 0 bridgehead atoms. The van der Waals surface area contributed by atoms with Crippen LogP contribution in [0.4, 0.5) is 0 Å². The molecule has 0 atom stereocenters. The molecular formula is C13H19N4O3PS. The minimum absolute atomic E-state index is 0.239. The Hall–Kier alpha value is -0.920. The van der Waals surface area contributed by atoms with Crippen molar-refractivity contribution in [1.82, 2.24) is 14.0 Å². The van der Waals surface area contributed by atoms with E-state index >= 15 is 0 Å². The third kappa shape index (κ3) is 2.49. The van der Waals surface area contributed by atoms with Crippen LogP contribution in [0.3, 0.4) is 0 Å². The zero-order valence-electron chi connectivity index (χ0n) is 12.4. The first-order valence-corrected chi connectivity index (χ1v) is 10.4. The van der Waals surface area contributed by atoms with Crippen molar-refractivity contribution in [1.29, 1.82) is 0 Å². The molecule has 4 rings (SSSR count). The average Bonchev–Trinajstić information content (AvgIpc) is 3.40. The van der Waals surface area contributed by atoms with Crippen LogP contribution >= 0.6 is 7.51 Å². The highest BCUT2D eigenvalue weighted by molar-refractivity contribution is 7.93. The van der Waals surface area contributed by atoms with Crippen molar-refractivity contribution < 1.29 is 13.2 Å². The van der Waals surface area contributed by atoms with E-state index in [0.717, 1.165) is 39.3 Å². The van der Waals surface area contributed by atoms with Crippen molar-refractivity contribution in [3.05, 3.63) is 24.3 Å². The van der Waals surface area contributed by atoms with Gasteiger partial charge in [-0.3, -0.25) is 0 Å². The molecule has 0 amide bonds. The van der Waals surface area contributed by atoms with Gasteiger partial charge in [0.1, 0.15) is 5.75 Å². The number of ether oxygens (including phenoxy) is 1. The van der Waals surface area contributed by atoms with E-state index in [-0.39, 0.29) is 4.90 Å². The van der Waals surface area contributed by atoms with E-state index in [0.29, 0.717) is 5.75 Å². The molecule has 7 nitrogen and oxygen atoms in total. The van der Waals surface area contributed by atoms with Gasteiger partial charge in [-0.05, 0) is 24.3 Å². The summed E-state index contributed by atoms with van der Waals surface area (Å²) in [5.74, 6) is 0.642. The number of sulfonamides is 1. The van der Waals surface area contributed by atoms with Gasteiger partial charge in [0.25, 0.3) is 10.0 Å². The fraction of sp³-hybridized carbons (Fsp3) is 0.538. The van der Waals surface area contributed by atoms with Crippen LogP contribution in [0.5, 0.6) is 5.75 Å². The minimum Gasteiger partial charge on any atom is -0.497 e. The summed E-state index contributed by atoms with van der Waals surface area (Å²) in [6, 6.07) is 6.46. The van der Waals surface area contributed by atoms with Crippen molar-refractivity contribution >= 4 is 17.5 Å². The number of rotatable bonds is 6. The summed E-state index contributed by atoms with van der Waals surface area (Å²) in [6.45, 7) is 5.68. The van der Waals surface area contributed by atoms with Gasteiger partial charge >= 0.3 is 0 Å². The molecule has 3 saturated heterocycles. The Morgan fingerprint density at radius 1 is 0.955 bits per heavy atom. The molecule has 22 heavy (non-hydrogen) atoms. The van der Waals surface area contributed by atoms with Crippen molar-refractivity contribution in [2.24, 2.45) is 4.15 Å². The fourth-order valence-corrected chi connectivity index (χ4v) is 8.77. The second-order valence-electron chi connectivity index (χ2n) is 5.63. The lowest BCUT2D eigenvalue weighted by Gasteiger charge is -2.27. The Bertz CT molecular complexity index is 699. The van der Waals surface area contributed by atoms with Crippen LogP contribution in [-0.4, -0.2) is 68.8 Å². The van der Waals surface area contributed by atoms with Crippen LogP contribution < -0.4 is 4.74 Å². The summed E-state index contributed by atoms with van der Waals surface area (Å²) in [6.07, 6.45) is 0. The molecule has 0 saturated carbocycles. The van der Waals surface area contributed by atoms with E-state index in [1.54, 1.807) is 31.4 Å². The predicted octanol–water partition coefficient (Wildman–Crippen LogP) is 1.28. The van der Waals surface area contributed by atoms with Gasteiger partial charge in [-0.15, -0.1) is 4.15 Å². The number of nitrogens with zero attached hydrogens (tertiary/aromatic N) is 4. The van der Waals surface area contributed by atoms with Crippen LogP contribution in [0.15, 0.2) is 33.3 Å². The normalized spacial score (nSPS) is 22.4. The van der Waals surface area contributed by atoms with Crippen LogP contribution in [0, 0.1) is 0 Å². The van der Waals surface area contributed by atoms with Gasteiger partial charge in [0.15, 0.2) is 7.51 Å². The number of benzene rings is 1. The molecule has 3 heterocycles. The second-order valence-corrected chi connectivity index (χ2v) is 10.5. The Balaban J connectivity index is 1.77. The zero-order valence-corrected chi connectivity index (χ0v) is 14.1. The molecule has 0 spiro atoms. The maximum Gasteiger partial charge on any atom is 0.284 e. The zero-order chi connectivity index (χ0) is 15.4. The van der Waals surface area contributed by atoms with E-state index in [1.807, 2.05) is 0 Å². The van der Waals surface area contributed by atoms with Gasteiger partial charge in [-0.2, -0.15) is 8.42 Å². The Morgan fingerprint density at radius 2 is 1.41 bits per heavy atom. The molecule has 3 fully saturated rings. The Morgan fingerprint density at radius 3 is 1.77 bits per heavy atom. The maximum atomic E-state index is 12.8. The molecule has 1 aromatic rings. The summed E-state index contributed by atoms with van der Waals surface area (Å²) < 4.78 is 41.8. The first-order valence-electron chi connectivity index (χ1n) is 7.35. The van der Waals surface area contributed by atoms with Crippen LogP contribution in [0.1, 0.15) is 0 Å². The van der Waals surface area contributed by atoms with Gasteiger partial charge in [0.05, 0.1) is 12.0 Å². The summed E-state index contributed by atoms with van der Waals surface area (Å²) in [5.41, 5.74) is 0. The summed E-state index contributed by atoms with van der Waals surface area (Å²) >= 11 is 0. The maximum absolute atomic E-state index is 12.8. The van der Waals surface area contributed by atoms with E-state index < -0.39 is 17.5 Å². The highest BCUT2D eigenvalue weighted by atomic mass is 32.2. The van der Waals surface area contributed by atoms with Crippen molar-refractivity contribution in [2.45, 2.75) is 4.90 Å². The predicted molar refractivity (Wildman–Crippen MR) is 84.2 cm³/mol. The monoisotopic (exact) mass is 342 g/mol. The lowest BCUT2D eigenvalue weighted by Crippen LogP contribution is -2.14. The SMILES string of the molecule is COc1ccc(S(=O)(=O)N=P(N2CC2)(N2CC2)N2CC2)cc1. The molecule has 0 N–H and O–H groups in total. The lowest BCUT2D eigenvalue weighted by atomic mass is 10.3. The number of methoxy groups -OCH3 is 1. The van der Waals surface area contributed by atoms with Gasteiger partial charge < -0.3 is 4.74 Å². The molecule has 0 aliphatic carbocycles. The molecule has 120 valence electrons. The first-order chi connectivity index (χ1) is 10.6. The molecule has 0 aromatic heterocycles. The third-order valence-electron chi connectivity index (χ3n) is 3.98. The van der Waals surface area contributed by atoms with Crippen LogP contribution in [-0.2, 0) is 10.0 Å². The fourth-order valence-electron chi connectivity index (χ4n) is 2.57. The van der Waals surface area contributed by atoms with Crippen molar-refractivity contribution in [3.8, 4) is 5.75 Å². The molecular weight excluding hydrogens is 323 g/mol. The summed E-state index contributed by atoms with van der Waals surface area (Å²) in [7, 11) is -4.28. The van der Waals surface area contributed by atoms with E-state index in [9.17, 15) is 8.42 Å². The minimum atomic E-state index is -3.66. The second kappa shape index (κ2) is 5.04. The number of hydrogen-bond donors (Lipinski definition) is 0. The van der Waals surface area contributed by atoms with E-state index in [4.69, 9.17) is 4.74 Å². The van der Waals surface area contributed by atoms with Gasteiger partial charge in [-0.1, -0.05) is 0 Å². The van der Waals surface area contributed by atoms with Gasteiger partial charge in [0, 0.05) is 39.3 Å². The van der Waals surface area contributed by atoms with Crippen molar-refractivity contribution in [2.75, 3.05) is 46.4 Å². The highest BCUT2D eigenvalue weighted by Gasteiger charge is 2.54. The van der Waals surface area contributed by atoms with E-state index in [1.165, 1.54) is 0 Å². The first kappa shape index (κ1) is 14.7. The van der Waals surface area contributed by atoms with Crippen LogP contribution in [0.2, 0.25) is 0 Å². The summed E-state index contributed by atoms with van der Waals surface area (Å²) in [5, 5.41) is 0. The standard InChI is InChI=1S/C13H19N4O3PS/c1-20-12-2-4-13(5-3-12)22(18,19)14-21(15-6-7-15,16-8-9-16)17-10-11-17/h2-5H,6-11H2,1H3. The van der Waals surface area contributed by atoms with Gasteiger partial charge in [0.2, 0.25) is 0 Å². The Labute approximate surface area is 130 Å². The van der Waals surface area contributed by atoms with Gasteiger partial charge in [-0.25, -0.2) is 14.0 Å². The quantitative estimate of drug-likeness (QED) is 0.573. The van der Waals surface area contributed by atoms with Crippen molar-refractivity contribution in [3.63, 3.8) is 0 Å². The molecule has 9 heteroatoms. The third-order valence-corrected chi connectivity index (χ3v) is 10.1. The number of hydrogen-bond acceptors (Lipinski definition) is 3. The average molecular weight is 342 g/mol. The Kier molecular flexibility index (Phi) is 3.36. The molecule has 3 aliphatic heterocycles. The summed E-state index contributed by atoms with van der Waals surface area (Å²) in [4.78, 5) is 0.239. The largest absolute Gasteiger partial charge is 0.497 e.